The third kappa shape index (κ3) is 3.44. The van der Waals surface area contributed by atoms with Crippen LogP contribution in [0.4, 0.5) is 5.69 Å². The highest BCUT2D eigenvalue weighted by Gasteiger charge is 2.42. The van der Waals surface area contributed by atoms with Crippen molar-refractivity contribution in [3.05, 3.63) is 42.5 Å². The molecule has 1 atom stereocenters. The van der Waals surface area contributed by atoms with Crippen molar-refractivity contribution >= 4 is 5.69 Å². The molecule has 2 aromatic rings. The zero-order valence-electron chi connectivity index (χ0n) is 14.2. The Hall–Kier alpha value is -1.92. The largest absolute Gasteiger partial charge is 0.377 e. The molecule has 0 aromatic carbocycles. The SMILES string of the molecule is Cn1cc(NC2COC3(CCN(Cc4cccnc4)CC3)C2)cn1. The molecule has 6 heteroatoms. The van der Waals surface area contributed by atoms with Crippen LogP contribution < -0.4 is 5.32 Å². The van der Waals surface area contributed by atoms with Crippen LogP contribution in [0, 0.1) is 0 Å². The summed E-state index contributed by atoms with van der Waals surface area (Å²) >= 11 is 0. The van der Waals surface area contributed by atoms with E-state index in [1.54, 1.807) is 0 Å². The van der Waals surface area contributed by atoms with Crippen molar-refractivity contribution in [2.75, 3.05) is 25.0 Å². The number of nitrogens with one attached hydrogen (secondary N) is 1. The van der Waals surface area contributed by atoms with Gasteiger partial charge >= 0.3 is 0 Å². The zero-order valence-corrected chi connectivity index (χ0v) is 14.2. The average Bonchev–Trinajstić information content (AvgIpc) is 3.18. The first kappa shape index (κ1) is 15.6. The van der Waals surface area contributed by atoms with Crippen LogP contribution in [0.1, 0.15) is 24.8 Å². The fraction of sp³-hybridized carbons (Fsp3) is 0.556. The van der Waals surface area contributed by atoms with E-state index in [1.807, 2.05) is 42.6 Å². The maximum Gasteiger partial charge on any atom is 0.0729 e. The third-order valence-corrected chi connectivity index (χ3v) is 5.18. The Morgan fingerprint density at radius 3 is 2.92 bits per heavy atom. The van der Waals surface area contributed by atoms with E-state index < -0.39 is 0 Å². The summed E-state index contributed by atoms with van der Waals surface area (Å²) in [6.07, 6.45) is 11.0. The number of hydrogen-bond acceptors (Lipinski definition) is 5. The summed E-state index contributed by atoms with van der Waals surface area (Å²) in [5.41, 5.74) is 2.43. The highest BCUT2D eigenvalue weighted by Crippen LogP contribution is 2.37. The molecule has 24 heavy (non-hydrogen) atoms. The number of ether oxygens (including phenoxy) is 1. The summed E-state index contributed by atoms with van der Waals surface area (Å²) < 4.78 is 8.07. The lowest BCUT2D eigenvalue weighted by molar-refractivity contribution is -0.0448. The fourth-order valence-electron chi connectivity index (χ4n) is 3.89. The van der Waals surface area contributed by atoms with Gasteiger partial charge in [0.25, 0.3) is 0 Å². The lowest BCUT2D eigenvalue weighted by Gasteiger charge is -2.38. The van der Waals surface area contributed by atoms with Gasteiger partial charge in [0.1, 0.15) is 0 Å². The van der Waals surface area contributed by atoms with E-state index >= 15 is 0 Å². The Bertz CT molecular complexity index is 663. The van der Waals surface area contributed by atoms with Crippen LogP contribution in [-0.2, 0) is 18.3 Å². The molecule has 0 radical (unpaired) electrons. The van der Waals surface area contributed by atoms with Crippen molar-refractivity contribution in [1.29, 1.82) is 0 Å². The van der Waals surface area contributed by atoms with E-state index in [2.05, 4.69) is 26.4 Å². The van der Waals surface area contributed by atoms with Gasteiger partial charge in [-0.2, -0.15) is 5.10 Å². The number of aromatic nitrogens is 3. The second-order valence-electron chi connectivity index (χ2n) is 7.08. The molecule has 1 N–H and O–H groups in total. The van der Waals surface area contributed by atoms with Crippen molar-refractivity contribution < 1.29 is 4.74 Å². The number of anilines is 1. The molecule has 0 saturated carbocycles. The lowest BCUT2D eigenvalue weighted by Crippen LogP contribution is -2.44. The maximum atomic E-state index is 6.24. The molecule has 2 aliphatic heterocycles. The van der Waals surface area contributed by atoms with Crippen molar-refractivity contribution in [2.45, 2.75) is 37.5 Å². The molecular weight excluding hydrogens is 302 g/mol. The molecule has 2 aromatic heterocycles. The third-order valence-electron chi connectivity index (χ3n) is 5.18. The summed E-state index contributed by atoms with van der Waals surface area (Å²) in [5, 5.41) is 7.77. The van der Waals surface area contributed by atoms with Gasteiger partial charge in [-0.1, -0.05) is 6.07 Å². The van der Waals surface area contributed by atoms with Crippen molar-refractivity contribution in [3.8, 4) is 0 Å². The molecule has 2 saturated heterocycles. The number of rotatable bonds is 4. The normalized spacial score (nSPS) is 23.6. The Morgan fingerprint density at radius 1 is 1.33 bits per heavy atom. The number of piperidine rings is 1. The molecule has 2 fully saturated rings. The first-order valence-electron chi connectivity index (χ1n) is 8.71. The maximum absolute atomic E-state index is 6.24. The Kier molecular flexibility index (Phi) is 4.24. The lowest BCUT2D eigenvalue weighted by atomic mass is 9.87. The van der Waals surface area contributed by atoms with E-state index in [-0.39, 0.29) is 5.60 Å². The molecule has 2 aliphatic rings. The van der Waals surface area contributed by atoms with Crippen molar-refractivity contribution in [1.82, 2.24) is 19.7 Å². The Balaban J connectivity index is 1.29. The minimum atomic E-state index is 0.0608. The van der Waals surface area contributed by atoms with E-state index in [0.717, 1.165) is 51.2 Å². The monoisotopic (exact) mass is 327 g/mol. The van der Waals surface area contributed by atoms with Crippen LogP contribution in [0.5, 0.6) is 0 Å². The second kappa shape index (κ2) is 6.53. The van der Waals surface area contributed by atoms with E-state index in [4.69, 9.17) is 4.74 Å². The first-order chi connectivity index (χ1) is 11.7. The van der Waals surface area contributed by atoms with E-state index in [9.17, 15) is 0 Å². The van der Waals surface area contributed by atoms with Crippen molar-refractivity contribution in [3.63, 3.8) is 0 Å². The van der Waals surface area contributed by atoms with Crippen LogP contribution in [0.25, 0.3) is 0 Å². The van der Waals surface area contributed by atoms with Gasteiger partial charge in [0, 0.05) is 45.3 Å². The molecule has 4 rings (SSSR count). The first-order valence-corrected chi connectivity index (χ1v) is 8.71. The minimum absolute atomic E-state index is 0.0608. The summed E-state index contributed by atoms with van der Waals surface area (Å²) in [5.74, 6) is 0. The number of nitrogens with zero attached hydrogens (tertiary/aromatic N) is 4. The smallest absolute Gasteiger partial charge is 0.0729 e. The zero-order chi connectivity index (χ0) is 16.4. The van der Waals surface area contributed by atoms with Gasteiger partial charge < -0.3 is 10.1 Å². The highest BCUT2D eigenvalue weighted by atomic mass is 16.5. The highest BCUT2D eigenvalue weighted by molar-refractivity contribution is 5.39. The van der Waals surface area contributed by atoms with E-state index in [0.29, 0.717) is 6.04 Å². The standard InChI is InChI=1S/C18H25N5O/c1-22-13-17(11-20-22)21-16-9-18(24-14-16)4-7-23(8-5-18)12-15-3-2-6-19-10-15/h2-3,6,10-11,13,16,21H,4-5,7-9,12,14H2,1H3. The molecule has 0 bridgehead atoms. The molecular formula is C18H25N5O. The quantitative estimate of drug-likeness (QED) is 0.931. The topological polar surface area (TPSA) is 55.2 Å². The van der Waals surface area contributed by atoms with Crippen LogP contribution >= 0.6 is 0 Å². The van der Waals surface area contributed by atoms with Crippen LogP contribution in [0.3, 0.4) is 0 Å². The number of aryl methyl sites for hydroxylation is 1. The molecule has 0 amide bonds. The van der Waals surface area contributed by atoms with Gasteiger partial charge in [-0.25, -0.2) is 0 Å². The number of pyridine rings is 1. The minimum Gasteiger partial charge on any atom is -0.377 e. The fourth-order valence-corrected chi connectivity index (χ4v) is 3.89. The van der Waals surface area contributed by atoms with E-state index in [1.165, 1.54) is 5.56 Å². The predicted octanol–water partition coefficient (Wildman–Crippen LogP) is 2.05. The van der Waals surface area contributed by atoms with Crippen molar-refractivity contribution in [2.24, 2.45) is 7.05 Å². The Morgan fingerprint density at radius 2 is 2.21 bits per heavy atom. The van der Waals surface area contributed by atoms with Crippen LogP contribution in [0.2, 0.25) is 0 Å². The molecule has 1 unspecified atom stereocenters. The van der Waals surface area contributed by atoms with Gasteiger partial charge in [-0.15, -0.1) is 0 Å². The predicted molar refractivity (Wildman–Crippen MR) is 92.7 cm³/mol. The second-order valence-corrected chi connectivity index (χ2v) is 7.08. The Labute approximate surface area is 142 Å². The molecule has 1 spiro atoms. The molecule has 6 nitrogen and oxygen atoms in total. The summed E-state index contributed by atoms with van der Waals surface area (Å²) in [7, 11) is 1.94. The van der Waals surface area contributed by atoms with Crippen LogP contribution in [-0.4, -0.2) is 51.0 Å². The van der Waals surface area contributed by atoms with Gasteiger partial charge in [-0.3, -0.25) is 14.6 Å². The average molecular weight is 327 g/mol. The van der Waals surface area contributed by atoms with Gasteiger partial charge in [0.05, 0.1) is 30.1 Å². The number of hydrogen-bond donors (Lipinski definition) is 1. The van der Waals surface area contributed by atoms with Gasteiger partial charge in [-0.05, 0) is 30.9 Å². The molecule has 128 valence electrons. The summed E-state index contributed by atoms with van der Waals surface area (Å²) in [4.78, 5) is 6.71. The van der Waals surface area contributed by atoms with Crippen LogP contribution in [0.15, 0.2) is 36.9 Å². The van der Waals surface area contributed by atoms with Gasteiger partial charge in [0.15, 0.2) is 0 Å². The van der Waals surface area contributed by atoms with Gasteiger partial charge in [0.2, 0.25) is 0 Å². The molecule has 0 aliphatic carbocycles. The summed E-state index contributed by atoms with van der Waals surface area (Å²) in [6.45, 7) is 3.96. The number of likely N-dealkylation sites (tertiary alicyclic amines) is 1. The summed E-state index contributed by atoms with van der Waals surface area (Å²) in [6, 6.07) is 4.55. The molecule has 4 heterocycles.